The van der Waals surface area contributed by atoms with Gasteiger partial charge in [-0.15, -0.1) is 0 Å². The zero-order valence-corrected chi connectivity index (χ0v) is 9.96. The average Bonchev–Trinajstić information content (AvgIpc) is 1.93. The van der Waals surface area contributed by atoms with Gasteiger partial charge in [0, 0.05) is 0 Å². The summed E-state index contributed by atoms with van der Waals surface area (Å²) in [4.78, 5) is 0. The average molecular weight is 405 g/mol. The van der Waals surface area contributed by atoms with Gasteiger partial charge < -0.3 is 9.47 Å². The van der Waals surface area contributed by atoms with Gasteiger partial charge in [-0.3, -0.25) is 0 Å². The fourth-order valence-corrected chi connectivity index (χ4v) is 0.440. The van der Waals surface area contributed by atoms with Crippen LogP contribution in [0.15, 0.2) is 0 Å². The Hall–Kier alpha value is 1.90. The molecule has 0 atom stereocenters. The molecule has 0 saturated carbocycles. The normalized spacial score (nSPS) is 18.4. The summed E-state index contributed by atoms with van der Waals surface area (Å²) < 4.78 is 9.89. The molecular weight excluding hydrogens is 397 g/mol. The Morgan fingerprint density at radius 3 is 1.22 bits per heavy atom. The van der Waals surface area contributed by atoms with Gasteiger partial charge in [-0.2, -0.15) is 0 Å². The van der Waals surface area contributed by atoms with Gasteiger partial charge in [0.05, 0.1) is 26.4 Å². The molecule has 1 fully saturated rings. The van der Waals surface area contributed by atoms with Crippen LogP contribution >= 0.6 is 40.7 Å². The third kappa shape index (κ3) is 9.90. The molecule has 0 aromatic carbocycles. The van der Waals surface area contributed by atoms with Crippen molar-refractivity contribution in [3.05, 3.63) is 0 Å². The van der Waals surface area contributed by atoms with Crippen LogP contribution in [0.1, 0.15) is 0 Å². The summed E-state index contributed by atoms with van der Waals surface area (Å²) in [5.41, 5.74) is 0. The van der Waals surface area contributed by atoms with Crippen molar-refractivity contribution < 1.29 is 17.9 Å². The standard InChI is InChI=1S/C4H8O2.Cu.2HI/c1-2-6-4-3-5-1;;;/h1-4H2;;2*1H/q;+2;;/p-2. The summed E-state index contributed by atoms with van der Waals surface area (Å²) in [6.45, 7) is 3.11. The van der Waals surface area contributed by atoms with Gasteiger partial charge >= 0.3 is 49.1 Å². The van der Waals surface area contributed by atoms with Crippen molar-refractivity contribution in [2.24, 2.45) is 0 Å². The number of hydrogen-bond donors (Lipinski definition) is 0. The van der Waals surface area contributed by atoms with Gasteiger partial charge in [0.1, 0.15) is 0 Å². The van der Waals surface area contributed by atoms with E-state index in [1.54, 1.807) is 8.46 Å². The minimum atomic E-state index is 0.778. The second kappa shape index (κ2) is 9.90. The quantitative estimate of drug-likeness (QED) is 0.452. The Morgan fingerprint density at radius 1 is 0.889 bits per heavy atom. The monoisotopic (exact) mass is 405 g/mol. The van der Waals surface area contributed by atoms with E-state index in [0.29, 0.717) is 0 Å². The van der Waals surface area contributed by atoms with Gasteiger partial charge in [0.15, 0.2) is 0 Å². The number of hydrogen-bond acceptors (Lipinski definition) is 2. The molecule has 2 nitrogen and oxygen atoms in total. The van der Waals surface area contributed by atoms with E-state index >= 15 is 0 Å². The maximum atomic E-state index is 4.94. The summed E-state index contributed by atoms with van der Waals surface area (Å²) in [7, 11) is 1.75. The summed E-state index contributed by atoms with van der Waals surface area (Å²) in [6, 6.07) is 0. The van der Waals surface area contributed by atoms with Crippen LogP contribution in [0.4, 0.5) is 0 Å². The summed E-state index contributed by atoms with van der Waals surface area (Å²) in [5, 5.41) is 0. The van der Waals surface area contributed by atoms with E-state index in [1.165, 1.54) is 0 Å². The Labute approximate surface area is 84.1 Å². The maximum absolute atomic E-state index is 4.94. The Bertz CT molecular complexity index is 40.3. The van der Waals surface area contributed by atoms with Crippen molar-refractivity contribution in [2.45, 2.75) is 0 Å². The van der Waals surface area contributed by atoms with Gasteiger partial charge in [0.2, 0.25) is 0 Å². The molecule has 0 spiro atoms. The zero-order valence-electron chi connectivity index (χ0n) is 4.70. The van der Waals surface area contributed by atoms with Crippen molar-refractivity contribution in [2.75, 3.05) is 26.4 Å². The molecular formula is C4H8CuI2O2. The van der Waals surface area contributed by atoms with Crippen LogP contribution in [0.2, 0.25) is 0 Å². The van der Waals surface area contributed by atoms with E-state index in [0.717, 1.165) is 26.4 Å². The van der Waals surface area contributed by atoms with Gasteiger partial charge in [0.25, 0.3) is 0 Å². The molecule has 0 aromatic heterocycles. The first-order chi connectivity index (χ1) is 4.41. The van der Waals surface area contributed by atoms with E-state index in [1.807, 2.05) is 0 Å². The van der Waals surface area contributed by atoms with Crippen molar-refractivity contribution in [1.82, 2.24) is 0 Å². The third-order valence-corrected chi connectivity index (χ3v) is 0.744. The van der Waals surface area contributed by atoms with E-state index in [4.69, 9.17) is 9.47 Å². The van der Waals surface area contributed by atoms with Crippen LogP contribution in [-0.4, -0.2) is 26.4 Å². The van der Waals surface area contributed by atoms with E-state index in [9.17, 15) is 0 Å². The van der Waals surface area contributed by atoms with Crippen molar-refractivity contribution in [3.63, 3.8) is 0 Å². The topological polar surface area (TPSA) is 18.5 Å². The Kier molecular flexibility index (Phi) is 12.0. The molecule has 1 aliphatic rings. The fraction of sp³-hybridized carbons (Fsp3) is 1.00. The first-order valence-corrected chi connectivity index (χ1v) is 8.46. The van der Waals surface area contributed by atoms with Crippen molar-refractivity contribution >= 4 is 40.7 Å². The molecule has 1 aliphatic heterocycles. The van der Waals surface area contributed by atoms with Crippen LogP contribution in [0.25, 0.3) is 0 Å². The van der Waals surface area contributed by atoms with Gasteiger partial charge in [-0.25, -0.2) is 0 Å². The van der Waals surface area contributed by atoms with E-state index < -0.39 is 0 Å². The molecule has 61 valence electrons. The van der Waals surface area contributed by atoms with Crippen LogP contribution in [0, 0.1) is 0 Å². The van der Waals surface area contributed by atoms with Crippen molar-refractivity contribution in [3.8, 4) is 0 Å². The number of rotatable bonds is 0. The summed E-state index contributed by atoms with van der Waals surface area (Å²) >= 11 is 4.36. The molecule has 0 bridgehead atoms. The molecule has 1 rings (SSSR count). The first-order valence-electron chi connectivity index (χ1n) is 2.38. The molecule has 0 aliphatic carbocycles. The van der Waals surface area contributed by atoms with E-state index in [-0.39, 0.29) is 0 Å². The third-order valence-electron chi connectivity index (χ3n) is 0.744. The van der Waals surface area contributed by atoms with Gasteiger partial charge in [-0.05, 0) is 0 Å². The summed E-state index contributed by atoms with van der Waals surface area (Å²) in [5.74, 6) is 0. The predicted molar refractivity (Wildman–Crippen MR) is 49.7 cm³/mol. The fourth-order valence-electron chi connectivity index (χ4n) is 0.440. The van der Waals surface area contributed by atoms with Crippen LogP contribution in [0.5, 0.6) is 0 Å². The molecule has 5 heteroatoms. The molecule has 0 amide bonds. The van der Waals surface area contributed by atoms with E-state index in [2.05, 4.69) is 40.7 Å². The summed E-state index contributed by atoms with van der Waals surface area (Å²) in [6.07, 6.45) is 0. The van der Waals surface area contributed by atoms with Crippen LogP contribution in [-0.2, 0) is 17.9 Å². The number of ether oxygens (including phenoxy) is 2. The number of halogens is 2. The predicted octanol–water partition coefficient (Wildman–Crippen LogP) is 1.80. The first kappa shape index (κ1) is 10.9. The molecule has 0 radical (unpaired) electrons. The SMILES string of the molecule is C1COCCO1.[I][Cu][I]. The molecule has 1 heterocycles. The second-order valence-electron chi connectivity index (χ2n) is 1.27. The van der Waals surface area contributed by atoms with Gasteiger partial charge in [-0.1, -0.05) is 0 Å². The molecule has 9 heavy (non-hydrogen) atoms. The molecule has 0 aromatic rings. The van der Waals surface area contributed by atoms with Crippen LogP contribution < -0.4 is 0 Å². The Balaban J connectivity index is 0.000000187. The molecule has 0 N–H and O–H groups in total. The van der Waals surface area contributed by atoms with Crippen molar-refractivity contribution in [1.29, 1.82) is 0 Å². The molecule has 0 unspecified atom stereocenters. The second-order valence-corrected chi connectivity index (χ2v) is 9.22. The zero-order chi connectivity index (χ0) is 6.95. The Morgan fingerprint density at radius 2 is 1.11 bits per heavy atom. The minimum absolute atomic E-state index is 0.778. The molecule has 1 saturated heterocycles. The van der Waals surface area contributed by atoms with Crippen LogP contribution in [0.3, 0.4) is 0 Å².